The van der Waals surface area contributed by atoms with Crippen molar-refractivity contribution in [2.75, 3.05) is 33.7 Å². The first-order valence-corrected chi connectivity index (χ1v) is 7.17. The third-order valence-electron chi connectivity index (χ3n) is 4.16. The van der Waals surface area contributed by atoms with Gasteiger partial charge in [0.05, 0.1) is 12.0 Å². The molecule has 114 valence electrons. The highest BCUT2D eigenvalue weighted by Crippen LogP contribution is 2.35. The number of hydrogen-bond acceptors (Lipinski definition) is 3. The molecule has 0 bridgehead atoms. The summed E-state index contributed by atoms with van der Waals surface area (Å²) >= 11 is 0. The standard InChI is InChI=1S/C16H22N2O3/c1-17(2)12-14(19)18-10-8-16(9-11-18,15(20)21)13-6-4-3-5-7-13/h3-7H,8-12H2,1-2H3,(H,20,21). The van der Waals surface area contributed by atoms with Gasteiger partial charge in [0, 0.05) is 13.1 Å². The molecule has 0 unspecified atom stereocenters. The second kappa shape index (κ2) is 6.26. The molecule has 0 aromatic heterocycles. The molecule has 1 fully saturated rings. The number of rotatable bonds is 4. The number of carboxylic acids is 1. The predicted molar refractivity (Wildman–Crippen MR) is 80.1 cm³/mol. The molecule has 1 aromatic carbocycles. The van der Waals surface area contributed by atoms with E-state index in [9.17, 15) is 14.7 Å². The fourth-order valence-electron chi connectivity index (χ4n) is 2.89. The molecule has 0 aliphatic carbocycles. The lowest BCUT2D eigenvalue weighted by molar-refractivity contribution is -0.148. The lowest BCUT2D eigenvalue weighted by Crippen LogP contribution is -2.50. The van der Waals surface area contributed by atoms with Gasteiger partial charge in [-0.2, -0.15) is 0 Å². The van der Waals surface area contributed by atoms with Crippen molar-refractivity contribution in [2.24, 2.45) is 0 Å². The number of amides is 1. The summed E-state index contributed by atoms with van der Waals surface area (Å²) in [7, 11) is 3.71. The maximum atomic E-state index is 12.1. The zero-order valence-electron chi connectivity index (χ0n) is 12.6. The van der Waals surface area contributed by atoms with Gasteiger partial charge in [-0.1, -0.05) is 30.3 Å². The van der Waals surface area contributed by atoms with Crippen LogP contribution in [0.3, 0.4) is 0 Å². The zero-order valence-corrected chi connectivity index (χ0v) is 12.6. The topological polar surface area (TPSA) is 60.9 Å². The molecule has 1 amide bonds. The molecule has 2 rings (SSSR count). The lowest BCUT2D eigenvalue weighted by Gasteiger charge is -2.39. The Morgan fingerprint density at radius 3 is 2.24 bits per heavy atom. The Labute approximate surface area is 125 Å². The number of carbonyl (C=O) groups excluding carboxylic acids is 1. The number of piperidine rings is 1. The van der Waals surface area contributed by atoms with Crippen LogP contribution in [0.2, 0.25) is 0 Å². The fraction of sp³-hybridized carbons (Fsp3) is 0.500. The van der Waals surface area contributed by atoms with E-state index in [1.54, 1.807) is 4.90 Å². The summed E-state index contributed by atoms with van der Waals surface area (Å²) in [5.74, 6) is -0.736. The summed E-state index contributed by atoms with van der Waals surface area (Å²) in [5, 5.41) is 9.70. The number of benzene rings is 1. The maximum Gasteiger partial charge on any atom is 0.314 e. The van der Waals surface area contributed by atoms with E-state index in [0.717, 1.165) is 5.56 Å². The normalized spacial score (nSPS) is 17.8. The third-order valence-corrected chi connectivity index (χ3v) is 4.16. The molecule has 1 aliphatic rings. The molecule has 0 atom stereocenters. The summed E-state index contributed by atoms with van der Waals surface area (Å²) in [4.78, 5) is 27.5. The van der Waals surface area contributed by atoms with Crippen molar-refractivity contribution in [1.82, 2.24) is 9.80 Å². The summed E-state index contributed by atoms with van der Waals surface area (Å²) in [6, 6.07) is 9.35. The van der Waals surface area contributed by atoms with Crippen molar-refractivity contribution in [1.29, 1.82) is 0 Å². The van der Waals surface area contributed by atoms with E-state index in [-0.39, 0.29) is 5.91 Å². The van der Waals surface area contributed by atoms with Gasteiger partial charge in [-0.15, -0.1) is 0 Å². The molecule has 1 heterocycles. The van der Waals surface area contributed by atoms with Gasteiger partial charge in [-0.3, -0.25) is 9.59 Å². The van der Waals surface area contributed by atoms with Crippen LogP contribution in [0.1, 0.15) is 18.4 Å². The van der Waals surface area contributed by atoms with Crippen molar-refractivity contribution in [3.63, 3.8) is 0 Å². The molecule has 5 heteroatoms. The summed E-state index contributed by atoms with van der Waals surface area (Å²) in [6.07, 6.45) is 0.928. The first-order chi connectivity index (χ1) is 9.95. The monoisotopic (exact) mass is 290 g/mol. The van der Waals surface area contributed by atoms with Gasteiger partial charge in [0.15, 0.2) is 0 Å². The molecule has 5 nitrogen and oxygen atoms in total. The molecule has 0 spiro atoms. The molecular formula is C16H22N2O3. The van der Waals surface area contributed by atoms with Crippen LogP contribution in [0.25, 0.3) is 0 Å². The largest absolute Gasteiger partial charge is 0.481 e. The minimum atomic E-state index is -0.865. The third kappa shape index (κ3) is 3.24. The highest BCUT2D eigenvalue weighted by Gasteiger charge is 2.43. The maximum absolute atomic E-state index is 12.1. The van der Waals surface area contributed by atoms with Crippen LogP contribution in [0.5, 0.6) is 0 Å². The number of carbonyl (C=O) groups is 2. The first kappa shape index (κ1) is 15.5. The van der Waals surface area contributed by atoms with Gasteiger partial charge < -0.3 is 14.9 Å². The average molecular weight is 290 g/mol. The minimum absolute atomic E-state index is 0.0621. The number of likely N-dealkylation sites (tertiary alicyclic amines) is 1. The van der Waals surface area contributed by atoms with Gasteiger partial charge in [-0.25, -0.2) is 0 Å². The van der Waals surface area contributed by atoms with Crippen LogP contribution in [-0.2, 0) is 15.0 Å². The van der Waals surface area contributed by atoms with Crippen LogP contribution in [0.4, 0.5) is 0 Å². The lowest BCUT2D eigenvalue weighted by atomic mass is 9.73. The zero-order chi connectivity index (χ0) is 15.5. The van der Waals surface area contributed by atoms with Crippen LogP contribution < -0.4 is 0 Å². The molecule has 1 aliphatic heterocycles. The van der Waals surface area contributed by atoms with E-state index >= 15 is 0 Å². The molecule has 0 radical (unpaired) electrons. The number of likely N-dealkylation sites (N-methyl/N-ethyl adjacent to an activating group) is 1. The van der Waals surface area contributed by atoms with E-state index in [1.807, 2.05) is 49.3 Å². The summed E-state index contributed by atoms with van der Waals surface area (Å²) < 4.78 is 0. The Morgan fingerprint density at radius 1 is 1.19 bits per heavy atom. The Hall–Kier alpha value is -1.88. The van der Waals surface area contributed by atoms with Gasteiger partial charge in [0.1, 0.15) is 0 Å². The Kier molecular flexibility index (Phi) is 4.63. The first-order valence-electron chi connectivity index (χ1n) is 7.17. The van der Waals surface area contributed by atoms with Crippen molar-refractivity contribution in [2.45, 2.75) is 18.3 Å². The number of nitrogens with zero attached hydrogens (tertiary/aromatic N) is 2. The minimum Gasteiger partial charge on any atom is -0.481 e. The highest BCUT2D eigenvalue weighted by atomic mass is 16.4. The second-order valence-electron chi connectivity index (χ2n) is 5.87. The second-order valence-corrected chi connectivity index (χ2v) is 5.87. The van der Waals surface area contributed by atoms with Crippen molar-refractivity contribution < 1.29 is 14.7 Å². The molecule has 0 saturated carbocycles. The highest BCUT2D eigenvalue weighted by molar-refractivity contribution is 5.83. The Bertz CT molecular complexity index is 506. The van der Waals surface area contributed by atoms with Crippen LogP contribution >= 0.6 is 0 Å². The summed E-state index contributed by atoms with van der Waals surface area (Å²) in [6.45, 7) is 1.35. The van der Waals surface area contributed by atoms with E-state index in [0.29, 0.717) is 32.5 Å². The van der Waals surface area contributed by atoms with Gasteiger partial charge in [0.2, 0.25) is 5.91 Å². The van der Waals surface area contributed by atoms with Crippen molar-refractivity contribution >= 4 is 11.9 Å². The Balaban J connectivity index is 2.12. The molecule has 1 saturated heterocycles. The number of aliphatic carboxylic acids is 1. The molecule has 1 aromatic rings. The molecule has 21 heavy (non-hydrogen) atoms. The van der Waals surface area contributed by atoms with E-state index in [1.165, 1.54) is 0 Å². The van der Waals surface area contributed by atoms with Crippen molar-refractivity contribution in [3.8, 4) is 0 Å². The average Bonchev–Trinajstić information content (AvgIpc) is 2.47. The van der Waals surface area contributed by atoms with Crippen LogP contribution in [-0.4, -0.2) is 60.5 Å². The SMILES string of the molecule is CN(C)CC(=O)N1CCC(C(=O)O)(c2ccccc2)CC1. The smallest absolute Gasteiger partial charge is 0.314 e. The molecule has 1 N–H and O–H groups in total. The Morgan fingerprint density at radius 2 is 1.76 bits per heavy atom. The van der Waals surface area contributed by atoms with Gasteiger partial charge >= 0.3 is 5.97 Å². The molecular weight excluding hydrogens is 268 g/mol. The van der Waals surface area contributed by atoms with Crippen molar-refractivity contribution in [3.05, 3.63) is 35.9 Å². The predicted octanol–water partition coefficient (Wildman–Crippen LogP) is 1.19. The number of hydrogen-bond donors (Lipinski definition) is 1. The number of carboxylic acid groups (broad SMARTS) is 1. The van der Waals surface area contributed by atoms with E-state index < -0.39 is 11.4 Å². The van der Waals surface area contributed by atoms with Gasteiger partial charge in [-0.05, 0) is 32.5 Å². The van der Waals surface area contributed by atoms with E-state index in [2.05, 4.69) is 0 Å². The van der Waals surface area contributed by atoms with Gasteiger partial charge in [0.25, 0.3) is 0 Å². The van der Waals surface area contributed by atoms with E-state index in [4.69, 9.17) is 0 Å². The quantitative estimate of drug-likeness (QED) is 0.905. The fourth-order valence-corrected chi connectivity index (χ4v) is 2.89. The van der Waals surface area contributed by atoms with Crippen LogP contribution in [0, 0.1) is 0 Å². The van der Waals surface area contributed by atoms with Crippen LogP contribution in [0.15, 0.2) is 30.3 Å². The summed E-state index contributed by atoms with van der Waals surface area (Å²) in [5.41, 5.74) is -0.0342.